The van der Waals surface area contributed by atoms with Gasteiger partial charge in [0.05, 0.1) is 0 Å². The van der Waals surface area contributed by atoms with Gasteiger partial charge in [0.2, 0.25) is 0 Å². The molecule has 0 unspecified atom stereocenters. The maximum atomic E-state index is 2.22. The third kappa shape index (κ3) is 2.52. The standard InChI is InChI=1S/C17H14S/c1-2-5-14(6-3-1)13-15-8-10-16(11-9-15)17-7-4-12-18-17/h1-12H,13H2. The smallest absolute Gasteiger partial charge is 0.0342 e. The summed E-state index contributed by atoms with van der Waals surface area (Å²) in [6.45, 7) is 0. The molecule has 0 aliphatic carbocycles. The Bertz CT molecular complexity index is 592. The summed E-state index contributed by atoms with van der Waals surface area (Å²) in [7, 11) is 0. The van der Waals surface area contributed by atoms with Crippen LogP contribution in [0.25, 0.3) is 10.4 Å². The first-order valence-corrected chi connectivity index (χ1v) is 6.96. The van der Waals surface area contributed by atoms with E-state index in [0.717, 1.165) is 6.42 Å². The third-order valence-electron chi connectivity index (χ3n) is 3.01. The monoisotopic (exact) mass is 250 g/mol. The highest BCUT2D eigenvalue weighted by Crippen LogP contribution is 2.25. The molecule has 0 saturated carbocycles. The van der Waals surface area contributed by atoms with Crippen LogP contribution < -0.4 is 0 Å². The van der Waals surface area contributed by atoms with Gasteiger partial charge >= 0.3 is 0 Å². The molecule has 0 aliphatic heterocycles. The van der Waals surface area contributed by atoms with E-state index in [1.165, 1.54) is 21.6 Å². The highest BCUT2D eigenvalue weighted by Gasteiger charge is 1.99. The van der Waals surface area contributed by atoms with Gasteiger partial charge in [0, 0.05) is 4.88 Å². The molecule has 0 fully saturated rings. The van der Waals surface area contributed by atoms with Crippen molar-refractivity contribution in [1.82, 2.24) is 0 Å². The van der Waals surface area contributed by atoms with Gasteiger partial charge in [0.25, 0.3) is 0 Å². The van der Waals surface area contributed by atoms with Crippen molar-refractivity contribution in [1.29, 1.82) is 0 Å². The average Bonchev–Trinajstić information content (AvgIpc) is 2.95. The van der Waals surface area contributed by atoms with E-state index in [4.69, 9.17) is 0 Å². The Morgan fingerprint density at radius 1 is 0.667 bits per heavy atom. The zero-order chi connectivity index (χ0) is 12.2. The molecule has 0 N–H and O–H groups in total. The fraction of sp³-hybridized carbons (Fsp3) is 0.0588. The normalized spacial score (nSPS) is 10.4. The molecule has 0 amide bonds. The zero-order valence-corrected chi connectivity index (χ0v) is 10.9. The van der Waals surface area contributed by atoms with Crippen molar-refractivity contribution in [3.63, 3.8) is 0 Å². The largest absolute Gasteiger partial charge is 0.144 e. The number of hydrogen-bond donors (Lipinski definition) is 0. The molecule has 2 aromatic carbocycles. The number of thiophene rings is 1. The minimum absolute atomic E-state index is 1.01. The molecular weight excluding hydrogens is 236 g/mol. The molecule has 18 heavy (non-hydrogen) atoms. The number of rotatable bonds is 3. The summed E-state index contributed by atoms with van der Waals surface area (Å²) in [4.78, 5) is 1.33. The SMILES string of the molecule is c1ccc(Cc2ccc(-c3cccs3)cc2)cc1. The summed E-state index contributed by atoms with van der Waals surface area (Å²) < 4.78 is 0. The molecule has 88 valence electrons. The van der Waals surface area contributed by atoms with Crippen molar-refractivity contribution in [3.8, 4) is 10.4 Å². The first kappa shape index (κ1) is 11.2. The Balaban J connectivity index is 1.80. The molecule has 0 radical (unpaired) electrons. The second-order valence-corrected chi connectivity index (χ2v) is 5.28. The predicted molar refractivity (Wildman–Crippen MR) is 79.0 cm³/mol. The minimum Gasteiger partial charge on any atom is -0.144 e. The van der Waals surface area contributed by atoms with E-state index in [0.29, 0.717) is 0 Å². The van der Waals surface area contributed by atoms with Crippen molar-refractivity contribution in [2.24, 2.45) is 0 Å². The van der Waals surface area contributed by atoms with Crippen molar-refractivity contribution < 1.29 is 0 Å². The van der Waals surface area contributed by atoms with Gasteiger partial charge in [-0.1, -0.05) is 60.7 Å². The summed E-state index contributed by atoms with van der Waals surface area (Å²) in [6.07, 6.45) is 1.01. The van der Waals surface area contributed by atoms with Crippen molar-refractivity contribution in [2.45, 2.75) is 6.42 Å². The lowest BCUT2D eigenvalue weighted by Gasteiger charge is -2.03. The summed E-state index contributed by atoms with van der Waals surface area (Å²) >= 11 is 1.79. The Labute approximate surface area is 112 Å². The molecule has 0 spiro atoms. The van der Waals surface area contributed by atoms with Crippen molar-refractivity contribution >= 4 is 11.3 Å². The lowest BCUT2D eigenvalue weighted by Crippen LogP contribution is -1.87. The van der Waals surface area contributed by atoms with Gasteiger partial charge in [-0.2, -0.15) is 0 Å². The summed E-state index contributed by atoms with van der Waals surface area (Å²) in [5.41, 5.74) is 4.03. The first-order chi connectivity index (χ1) is 8.92. The Morgan fingerprint density at radius 2 is 1.39 bits per heavy atom. The molecule has 3 aromatic rings. The van der Waals surface area contributed by atoms with E-state index in [-0.39, 0.29) is 0 Å². The van der Waals surface area contributed by atoms with E-state index >= 15 is 0 Å². The quantitative estimate of drug-likeness (QED) is 0.613. The van der Waals surface area contributed by atoms with Crippen LogP contribution in [0, 0.1) is 0 Å². The van der Waals surface area contributed by atoms with Crippen molar-refractivity contribution in [3.05, 3.63) is 83.2 Å². The topological polar surface area (TPSA) is 0 Å². The number of benzene rings is 2. The molecule has 3 rings (SSSR count). The van der Waals surface area contributed by atoms with Crippen LogP contribution in [-0.4, -0.2) is 0 Å². The van der Waals surface area contributed by atoms with Gasteiger partial charge in [-0.15, -0.1) is 11.3 Å². The van der Waals surface area contributed by atoms with E-state index in [1.54, 1.807) is 11.3 Å². The minimum atomic E-state index is 1.01. The lowest BCUT2D eigenvalue weighted by molar-refractivity contribution is 1.19. The lowest BCUT2D eigenvalue weighted by atomic mass is 10.0. The summed E-state index contributed by atoms with van der Waals surface area (Å²) in [5, 5.41) is 2.12. The van der Waals surface area contributed by atoms with Gasteiger partial charge in [0.1, 0.15) is 0 Å². The maximum absolute atomic E-state index is 2.22. The van der Waals surface area contributed by atoms with Gasteiger partial charge < -0.3 is 0 Å². The van der Waals surface area contributed by atoms with Gasteiger partial charge in [-0.3, -0.25) is 0 Å². The average molecular weight is 250 g/mol. The Morgan fingerprint density at radius 3 is 2.06 bits per heavy atom. The molecule has 1 aromatic heterocycles. The second-order valence-electron chi connectivity index (χ2n) is 4.34. The molecule has 0 nitrogen and oxygen atoms in total. The van der Waals surface area contributed by atoms with Crippen LogP contribution >= 0.6 is 11.3 Å². The van der Waals surface area contributed by atoms with Gasteiger partial charge in [-0.05, 0) is 34.6 Å². The van der Waals surface area contributed by atoms with E-state index in [2.05, 4.69) is 72.1 Å². The molecule has 1 heteroatoms. The zero-order valence-electron chi connectivity index (χ0n) is 10.0. The molecular formula is C17H14S. The summed E-state index contributed by atoms with van der Waals surface area (Å²) in [6, 6.07) is 23.7. The molecule has 1 heterocycles. The Hall–Kier alpha value is -1.86. The highest BCUT2D eigenvalue weighted by atomic mass is 32.1. The predicted octanol–water partition coefficient (Wildman–Crippen LogP) is 5.01. The van der Waals surface area contributed by atoms with E-state index in [9.17, 15) is 0 Å². The van der Waals surface area contributed by atoms with E-state index in [1.807, 2.05) is 0 Å². The van der Waals surface area contributed by atoms with Crippen LogP contribution in [0.4, 0.5) is 0 Å². The molecule has 0 atom stereocenters. The summed E-state index contributed by atoms with van der Waals surface area (Å²) in [5.74, 6) is 0. The fourth-order valence-corrected chi connectivity index (χ4v) is 2.79. The second kappa shape index (κ2) is 5.19. The Kier molecular flexibility index (Phi) is 3.24. The fourth-order valence-electron chi connectivity index (χ4n) is 2.06. The molecule has 0 aliphatic rings. The highest BCUT2D eigenvalue weighted by molar-refractivity contribution is 7.13. The van der Waals surface area contributed by atoms with Crippen LogP contribution in [0.5, 0.6) is 0 Å². The van der Waals surface area contributed by atoms with Gasteiger partial charge in [0.15, 0.2) is 0 Å². The molecule has 0 saturated heterocycles. The van der Waals surface area contributed by atoms with Gasteiger partial charge in [-0.25, -0.2) is 0 Å². The van der Waals surface area contributed by atoms with Crippen LogP contribution in [0.2, 0.25) is 0 Å². The first-order valence-electron chi connectivity index (χ1n) is 6.08. The van der Waals surface area contributed by atoms with Crippen LogP contribution in [0.3, 0.4) is 0 Å². The molecule has 0 bridgehead atoms. The van der Waals surface area contributed by atoms with Crippen LogP contribution in [0.1, 0.15) is 11.1 Å². The van der Waals surface area contributed by atoms with Crippen LogP contribution in [0.15, 0.2) is 72.1 Å². The van der Waals surface area contributed by atoms with Crippen molar-refractivity contribution in [2.75, 3.05) is 0 Å². The van der Waals surface area contributed by atoms with Crippen LogP contribution in [-0.2, 0) is 6.42 Å². The maximum Gasteiger partial charge on any atom is 0.0342 e. The van der Waals surface area contributed by atoms with E-state index < -0.39 is 0 Å². The third-order valence-corrected chi connectivity index (χ3v) is 3.93. The number of hydrogen-bond acceptors (Lipinski definition) is 1.